The van der Waals surface area contributed by atoms with Gasteiger partial charge in [-0.15, -0.1) is 0 Å². The standard InChI is InChI=1S/C14H24N4O/c1-9-13(15-4)17-11(3)18-14(9)16-10(2)12-5-7-19-8-6-12/h10,12H,5-8H2,1-4H3,(H2,15,16,17,18). The van der Waals surface area contributed by atoms with E-state index in [4.69, 9.17) is 4.74 Å². The van der Waals surface area contributed by atoms with Crippen LogP contribution in [0.3, 0.4) is 0 Å². The van der Waals surface area contributed by atoms with Gasteiger partial charge in [0.1, 0.15) is 17.5 Å². The summed E-state index contributed by atoms with van der Waals surface area (Å²) in [5.41, 5.74) is 1.08. The van der Waals surface area contributed by atoms with Gasteiger partial charge in [-0.3, -0.25) is 0 Å². The van der Waals surface area contributed by atoms with Gasteiger partial charge < -0.3 is 15.4 Å². The molecule has 1 fully saturated rings. The van der Waals surface area contributed by atoms with E-state index in [1.165, 1.54) is 0 Å². The second-order valence-electron chi connectivity index (χ2n) is 5.23. The molecule has 1 aromatic heterocycles. The maximum absolute atomic E-state index is 5.42. The highest BCUT2D eigenvalue weighted by molar-refractivity contribution is 5.57. The molecular weight excluding hydrogens is 240 g/mol. The van der Waals surface area contributed by atoms with Crippen molar-refractivity contribution in [2.24, 2.45) is 5.92 Å². The van der Waals surface area contributed by atoms with Gasteiger partial charge in [0.15, 0.2) is 0 Å². The number of hydrogen-bond donors (Lipinski definition) is 2. The molecule has 1 unspecified atom stereocenters. The van der Waals surface area contributed by atoms with E-state index in [9.17, 15) is 0 Å². The molecule has 0 bridgehead atoms. The first-order valence-corrected chi connectivity index (χ1v) is 6.99. The highest BCUT2D eigenvalue weighted by Gasteiger charge is 2.21. The summed E-state index contributed by atoms with van der Waals surface area (Å²) in [6.45, 7) is 7.95. The first-order chi connectivity index (χ1) is 9.11. The molecule has 0 saturated carbocycles. The molecule has 0 radical (unpaired) electrons. The fourth-order valence-electron chi connectivity index (χ4n) is 2.56. The molecule has 1 atom stereocenters. The maximum atomic E-state index is 5.42. The van der Waals surface area contributed by atoms with Crippen LogP contribution in [0.2, 0.25) is 0 Å². The minimum absolute atomic E-state index is 0.404. The van der Waals surface area contributed by atoms with Crippen LogP contribution in [0.5, 0.6) is 0 Å². The Kier molecular flexibility index (Phi) is 4.58. The summed E-state index contributed by atoms with van der Waals surface area (Å²) in [5, 5.41) is 6.67. The Morgan fingerprint density at radius 2 is 1.79 bits per heavy atom. The number of nitrogens with zero attached hydrogens (tertiary/aromatic N) is 2. The minimum atomic E-state index is 0.404. The van der Waals surface area contributed by atoms with Gasteiger partial charge in [-0.2, -0.15) is 0 Å². The Hall–Kier alpha value is -1.36. The van der Waals surface area contributed by atoms with Crippen LogP contribution in [-0.4, -0.2) is 36.3 Å². The molecule has 106 valence electrons. The number of hydrogen-bond acceptors (Lipinski definition) is 5. The molecule has 19 heavy (non-hydrogen) atoms. The van der Waals surface area contributed by atoms with Crippen LogP contribution in [0.4, 0.5) is 11.6 Å². The molecule has 1 saturated heterocycles. The highest BCUT2D eigenvalue weighted by atomic mass is 16.5. The van der Waals surface area contributed by atoms with Gasteiger partial charge in [0.05, 0.1) is 0 Å². The lowest BCUT2D eigenvalue weighted by atomic mass is 9.93. The summed E-state index contributed by atoms with van der Waals surface area (Å²) in [5.74, 6) is 3.28. The third-order valence-electron chi connectivity index (χ3n) is 3.83. The molecule has 2 N–H and O–H groups in total. The van der Waals surface area contributed by atoms with Crippen molar-refractivity contribution in [2.75, 3.05) is 30.9 Å². The van der Waals surface area contributed by atoms with Crippen LogP contribution in [0.15, 0.2) is 0 Å². The van der Waals surface area contributed by atoms with Crippen molar-refractivity contribution in [1.29, 1.82) is 0 Å². The average molecular weight is 264 g/mol. The summed E-state index contributed by atoms with van der Waals surface area (Å²) < 4.78 is 5.42. The van der Waals surface area contributed by atoms with Crippen molar-refractivity contribution in [3.8, 4) is 0 Å². The van der Waals surface area contributed by atoms with Crippen molar-refractivity contribution in [3.63, 3.8) is 0 Å². The number of rotatable bonds is 4. The zero-order valence-corrected chi connectivity index (χ0v) is 12.3. The van der Waals surface area contributed by atoms with Gasteiger partial charge in [-0.1, -0.05) is 0 Å². The molecule has 1 aromatic rings. The van der Waals surface area contributed by atoms with Gasteiger partial charge in [-0.05, 0) is 39.5 Å². The van der Waals surface area contributed by atoms with Crippen LogP contribution < -0.4 is 10.6 Å². The van der Waals surface area contributed by atoms with E-state index < -0.39 is 0 Å². The second-order valence-corrected chi connectivity index (χ2v) is 5.23. The van der Waals surface area contributed by atoms with Crippen LogP contribution in [0.25, 0.3) is 0 Å². The fourth-order valence-corrected chi connectivity index (χ4v) is 2.56. The average Bonchev–Trinajstić information content (AvgIpc) is 2.43. The number of ether oxygens (including phenoxy) is 1. The summed E-state index contributed by atoms with van der Waals surface area (Å²) in [4.78, 5) is 8.91. The molecule has 1 aliphatic heterocycles. The third kappa shape index (κ3) is 3.35. The molecule has 2 heterocycles. The quantitative estimate of drug-likeness (QED) is 0.874. The fraction of sp³-hybridized carbons (Fsp3) is 0.714. The van der Waals surface area contributed by atoms with Crippen LogP contribution in [0.1, 0.15) is 31.2 Å². The first kappa shape index (κ1) is 14.1. The topological polar surface area (TPSA) is 59.1 Å². The van der Waals surface area contributed by atoms with Gasteiger partial charge in [0, 0.05) is 31.9 Å². The lowest BCUT2D eigenvalue weighted by Crippen LogP contribution is -2.31. The Bertz CT molecular complexity index is 430. The molecule has 1 aliphatic rings. The SMILES string of the molecule is CNc1nc(C)nc(NC(C)C2CCOCC2)c1C. The zero-order valence-electron chi connectivity index (χ0n) is 12.3. The van der Waals surface area contributed by atoms with Crippen molar-refractivity contribution < 1.29 is 4.74 Å². The Morgan fingerprint density at radius 1 is 1.16 bits per heavy atom. The molecular formula is C14H24N4O. The Morgan fingerprint density at radius 3 is 2.42 bits per heavy atom. The summed E-state index contributed by atoms with van der Waals surface area (Å²) >= 11 is 0. The second kappa shape index (κ2) is 6.19. The van der Waals surface area contributed by atoms with E-state index in [-0.39, 0.29) is 0 Å². The normalized spacial score (nSPS) is 18.1. The molecule has 0 aliphatic carbocycles. The summed E-state index contributed by atoms with van der Waals surface area (Å²) in [7, 11) is 1.89. The van der Waals surface area contributed by atoms with E-state index in [0.29, 0.717) is 12.0 Å². The lowest BCUT2D eigenvalue weighted by molar-refractivity contribution is 0.0622. The van der Waals surface area contributed by atoms with Crippen LogP contribution in [0, 0.1) is 19.8 Å². The van der Waals surface area contributed by atoms with Gasteiger partial charge in [0.25, 0.3) is 0 Å². The van der Waals surface area contributed by atoms with Gasteiger partial charge in [0.2, 0.25) is 0 Å². The minimum Gasteiger partial charge on any atom is -0.381 e. The third-order valence-corrected chi connectivity index (χ3v) is 3.83. The predicted octanol–water partition coefficient (Wildman–Crippen LogP) is 2.36. The summed E-state index contributed by atoms with van der Waals surface area (Å²) in [6.07, 6.45) is 2.24. The smallest absolute Gasteiger partial charge is 0.134 e. The van der Waals surface area contributed by atoms with Crippen molar-refractivity contribution in [3.05, 3.63) is 11.4 Å². The molecule has 5 heteroatoms. The van der Waals surface area contributed by atoms with Crippen molar-refractivity contribution in [2.45, 2.75) is 39.7 Å². The van der Waals surface area contributed by atoms with E-state index in [1.54, 1.807) is 0 Å². The first-order valence-electron chi connectivity index (χ1n) is 6.99. The maximum Gasteiger partial charge on any atom is 0.134 e. The van der Waals surface area contributed by atoms with E-state index in [0.717, 1.165) is 49.1 Å². The van der Waals surface area contributed by atoms with E-state index in [2.05, 4.69) is 27.5 Å². The van der Waals surface area contributed by atoms with Gasteiger partial charge in [-0.25, -0.2) is 9.97 Å². The number of anilines is 2. The van der Waals surface area contributed by atoms with Crippen molar-refractivity contribution >= 4 is 11.6 Å². The number of aryl methyl sites for hydroxylation is 1. The molecule has 2 rings (SSSR count). The molecule has 0 spiro atoms. The number of nitrogens with one attached hydrogen (secondary N) is 2. The van der Waals surface area contributed by atoms with Crippen LogP contribution in [-0.2, 0) is 4.74 Å². The largest absolute Gasteiger partial charge is 0.381 e. The predicted molar refractivity (Wildman–Crippen MR) is 77.7 cm³/mol. The van der Waals surface area contributed by atoms with E-state index in [1.807, 2.05) is 20.9 Å². The van der Waals surface area contributed by atoms with Crippen LogP contribution >= 0.6 is 0 Å². The Labute approximate surface area is 115 Å². The molecule has 5 nitrogen and oxygen atoms in total. The number of aromatic nitrogens is 2. The van der Waals surface area contributed by atoms with Crippen molar-refractivity contribution in [1.82, 2.24) is 9.97 Å². The monoisotopic (exact) mass is 264 g/mol. The van der Waals surface area contributed by atoms with Gasteiger partial charge >= 0.3 is 0 Å². The highest BCUT2D eigenvalue weighted by Crippen LogP contribution is 2.24. The zero-order chi connectivity index (χ0) is 13.8. The molecule has 0 amide bonds. The molecule has 0 aromatic carbocycles. The lowest BCUT2D eigenvalue weighted by Gasteiger charge is -2.29. The summed E-state index contributed by atoms with van der Waals surface area (Å²) in [6, 6.07) is 0.404. The Balaban J connectivity index is 2.11. The van der Waals surface area contributed by atoms with E-state index >= 15 is 0 Å².